The van der Waals surface area contributed by atoms with Crippen LogP contribution in [0, 0.1) is 0 Å². The van der Waals surface area contributed by atoms with Crippen LogP contribution in [0.4, 0.5) is 0 Å². The minimum atomic E-state index is 0.322. The summed E-state index contributed by atoms with van der Waals surface area (Å²) in [6, 6.07) is 17.6. The number of carbonyl (C=O) groups is 1. The van der Waals surface area contributed by atoms with Crippen molar-refractivity contribution in [2.75, 3.05) is 0 Å². The van der Waals surface area contributed by atoms with Crippen molar-refractivity contribution in [3.05, 3.63) is 60.7 Å². The fraction of sp³-hybridized carbons (Fsp3) is 0. The molecule has 0 aliphatic rings. The van der Waals surface area contributed by atoms with Crippen LogP contribution in [0.25, 0.3) is 0 Å². The second-order valence-electron chi connectivity index (χ2n) is 2.86. The van der Waals surface area contributed by atoms with Crippen molar-refractivity contribution in [1.82, 2.24) is 0 Å². The molecule has 0 fully saturated rings. The minimum Gasteiger partial charge on any atom is -0.508 e. The molecule has 0 saturated heterocycles. The maximum Gasteiger partial charge on any atom is 0.298 e. The Kier molecular flexibility index (Phi) is 5.20. The first kappa shape index (κ1) is 11.8. The van der Waals surface area contributed by atoms with Gasteiger partial charge < -0.3 is 9.84 Å². The number of hydrogen-bond acceptors (Lipinski definition) is 3. The molecule has 0 heterocycles. The van der Waals surface area contributed by atoms with Gasteiger partial charge in [-0.2, -0.15) is 0 Å². The van der Waals surface area contributed by atoms with Crippen LogP contribution in [0.1, 0.15) is 0 Å². The van der Waals surface area contributed by atoms with E-state index < -0.39 is 0 Å². The summed E-state index contributed by atoms with van der Waals surface area (Å²) in [5, 5.41) is 8.63. The maximum atomic E-state index is 9.75. The highest BCUT2D eigenvalue weighted by Gasteiger charge is 1.84. The van der Waals surface area contributed by atoms with Gasteiger partial charge in [0.25, 0.3) is 6.47 Å². The molecule has 2 rings (SSSR count). The molecular formula is C13H12O3. The van der Waals surface area contributed by atoms with Crippen LogP contribution < -0.4 is 4.74 Å². The molecule has 16 heavy (non-hydrogen) atoms. The Morgan fingerprint density at radius 2 is 1.38 bits per heavy atom. The smallest absolute Gasteiger partial charge is 0.298 e. The second-order valence-corrected chi connectivity index (χ2v) is 2.86. The van der Waals surface area contributed by atoms with Crippen LogP contribution in [0.5, 0.6) is 11.5 Å². The maximum absolute atomic E-state index is 9.75. The predicted molar refractivity (Wildman–Crippen MR) is 61.2 cm³/mol. The van der Waals surface area contributed by atoms with Crippen LogP contribution in [0.15, 0.2) is 60.7 Å². The van der Waals surface area contributed by atoms with E-state index in [1.165, 1.54) is 0 Å². The fourth-order valence-electron chi connectivity index (χ4n) is 0.983. The number of rotatable bonds is 2. The number of phenols is 1. The first-order valence-electron chi connectivity index (χ1n) is 4.72. The fourth-order valence-corrected chi connectivity index (χ4v) is 0.983. The zero-order chi connectivity index (χ0) is 11.6. The van der Waals surface area contributed by atoms with Crippen LogP contribution in [0.2, 0.25) is 0 Å². The lowest BCUT2D eigenvalue weighted by molar-refractivity contribution is -0.120. The number of carbonyl (C=O) groups excluding carboxylic acids is 1. The van der Waals surface area contributed by atoms with E-state index in [9.17, 15) is 4.79 Å². The molecule has 82 valence electrons. The van der Waals surface area contributed by atoms with Gasteiger partial charge in [-0.15, -0.1) is 0 Å². The lowest BCUT2D eigenvalue weighted by atomic mass is 10.3. The zero-order valence-corrected chi connectivity index (χ0v) is 8.61. The summed E-state index contributed by atoms with van der Waals surface area (Å²) in [4.78, 5) is 9.75. The molecule has 0 bridgehead atoms. The largest absolute Gasteiger partial charge is 0.508 e. The molecule has 2 aromatic rings. The van der Waals surface area contributed by atoms with Gasteiger partial charge in [0, 0.05) is 0 Å². The summed E-state index contributed by atoms with van der Waals surface area (Å²) in [6.07, 6.45) is 0. The van der Waals surface area contributed by atoms with Crippen molar-refractivity contribution in [3.8, 4) is 11.5 Å². The van der Waals surface area contributed by atoms with Gasteiger partial charge in [-0.1, -0.05) is 36.4 Å². The lowest BCUT2D eigenvalue weighted by Crippen LogP contribution is -1.85. The molecule has 0 aromatic heterocycles. The molecule has 0 aliphatic heterocycles. The molecule has 0 aliphatic carbocycles. The third-order valence-corrected chi connectivity index (χ3v) is 1.68. The van der Waals surface area contributed by atoms with Crippen molar-refractivity contribution in [1.29, 1.82) is 0 Å². The molecule has 0 spiro atoms. The van der Waals surface area contributed by atoms with E-state index in [2.05, 4.69) is 4.74 Å². The van der Waals surface area contributed by atoms with Crippen LogP contribution in [-0.2, 0) is 4.79 Å². The number of para-hydroxylation sites is 2. The molecule has 0 amide bonds. The van der Waals surface area contributed by atoms with E-state index in [4.69, 9.17) is 5.11 Å². The monoisotopic (exact) mass is 216 g/mol. The summed E-state index contributed by atoms with van der Waals surface area (Å²) in [6.45, 7) is 0.412. The highest BCUT2D eigenvalue weighted by atomic mass is 16.5. The molecule has 2 aromatic carbocycles. The van der Waals surface area contributed by atoms with Gasteiger partial charge in [0.05, 0.1) is 0 Å². The number of hydrogen-bond donors (Lipinski definition) is 1. The third-order valence-electron chi connectivity index (χ3n) is 1.68. The third kappa shape index (κ3) is 4.81. The van der Waals surface area contributed by atoms with Crippen LogP contribution >= 0.6 is 0 Å². The predicted octanol–water partition coefficient (Wildman–Crippen LogP) is 2.61. The van der Waals surface area contributed by atoms with Gasteiger partial charge >= 0.3 is 0 Å². The standard InChI is InChI=1S/C7H6O2.C6H6O/c8-6-9-7-4-2-1-3-5-7;7-6-4-2-1-3-5-6/h1-6H;1-5,7H. The molecule has 3 nitrogen and oxygen atoms in total. The van der Waals surface area contributed by atoms with Crippen molar-refractivity contribution in [3.63, 3.8) is 0 Å². The Labute approximate surface area is 93.9 Å². The Morgan fingerprint density at radius 3 is 1.75 bits per heavy atom. The van der Waals surface area contributed by atoms with E-state index >= 15 is 0 Å². The number of aromatic hydroxyl groups is 1. The number of ether oxygens (including phenoxy) is 1. The summed E-state index contributed by atoms with van der Waals surface area (Å²) in [5.41, 5.74) is 0. The zero-order valence-electron chi connectivity index (χ0n) is 8.61. The Hall–Kier alpha value is -2.29. The van der Waals surface area contributed by atoms with Crippen molar-refractivity contribution in [2.45, 2.75) is 0 Å². The Morgan fingerprint density at radius 1 is 0.875 bits per heavy atom. The quantitative estimate of drug-likeness (QED) is 0.785. The molecular weight excluding hydrogens is 204 g/mol. The van der Waals surface area contributed by atoms with E-state index in [1.54, 1.807) is 48.5 Å². The van der Waals surface area contributed by atoms with E-state index in [0.29, 0.717) is 18.0 Å². The molecule has 0 atom stereocenters. The van der Waals surface area contributed by atoms with Crippen molar-refractivity contribution in [2.24, 2.45) is 0 Å². The Bertz CT molecular complexity index is 398. The molecule has 0 saturated carbocycles. The Balaban J connectivity index is 0.000000165. The topological polar surface area (TPSA) is 46.5 Å². The molecule has 1 N–H and O–H groups in total. The second kappa shape index (κ2) is 7.06. The average Bonchev–Trinajstić information content (AvgIpc) is 2.33. The summed E-state index contributed by atoms with van der Waals surface area (Å²) in [5.74, 6) is 0.898. The number of benzene rings is 2. The van der Waals surface area contributed by atoms with Gasteiger partial charge in [0.1, 0.15) is 11.5 Å². The molecule has 0 unspecified atom stereocenters. The van der Waals surface area contributed by atoms with E-state index in [1.807, 2.05) is 12.1 Å². The van der Waals surface area contributed by atoms with Crippen molar-refractivity contribution < 1.29 is 14.6 Å². The van der Waals surface area contributed by atoms with E-state index in [-0.39, 0.29) is 0 Å². The SMILES string of the molecule is O=COc1ccccc1.Oc1ccccc1. The highest BCUT2D eigenvalue weighted by molar-refractivity contribution is 5.44. The summed E-state index contributed by atoms with van der Waals surface area (Å²) in [7, 11) is 0. The van der Waals surface area contributed by atoms with Gasteiger partial charge in [-0.3, -0.25) is 4.79 Å². The van der Waals surface area contributed by atoms with Gasteiger partial charge in [0.2, 0.25) is 0 Å². The van der Waals surface area contributed by atoms with Crippen LogP contribution in [-0.4, -0.2) is 11.6 Å². The normalized spacial score (nSPS) is 8.50. The van der Waals surface area contributed by atoms with Gasteiger partial charge in [0.15, 0.2) is 0 Å². The van der Waals surface area contributed by atoms with Gasteiger partial charge in [-0.25, -0.2) is 0 Å². The molecule has 3 heteroatoms. The van der Waals surface area contributed by atoms with E-state index in [0.717, 1.165) is 0 Å². The number of phenolic OH excluding ortho intramolecular Hbond substituents is 1. The summed E-state index contributed by atoms with van der Waals surface area (Å²) >= 11 is 0. The highest BCUT2D eigenvalue weighted by Crippen LogP contribution is 2.05. The lowest BCUT2D eigenvalue weighted by Gasteiger charge is -1.92. The minimum absolute atomic E-state index is 0.322. The van der Waals surface area contributed by atoms with Crippen LogP contribution in [0.3, 0.4) is 0 Å². The molecule has 0 radical (unpaired) electrons. The average molecular weight is 216 g/mol. The van der Waals surface area contributed by atoms with Crippen molar-refractivity contribution >= 4 is 6.47 Å². The first-order chi connectivity index (χ1) is 7.83. The summed E-state index contributed by atoms with van der Waals surface area (Å²) < 4.78 is 4.53. The first-order valence-corrected chi connectivity index (χ1v) is 4.72. The van der Waals surface area contributed by atoms with Gasteiger partial charge in [-0.05, 0) is 24.3 Å².